The van der Waals surface area contributed by atoms with Crippen molar-refractivity contribution in [3.8, 4) is 0 Å². The molecular weight excluding hydrogens is 214 g/mol. The summed E-state index contributed by atoms with van der Waals surface area (Å²) in [6.07, 6.45) is 5.50. The van der Waals surface area contributed by atoms with Crippen molar-refractivity contribution < 1.29 is 9.53 Å². The van der Waals surface area contributed by atoms with Crippen LogP contribution in [0, 0.1) is 11.8 Å². The third-order valence-electron chi connectivity index (χ3n) is 3.91. The molecule has 17 heavy (non-hydrogen) atoms. The van der Waals surface area contributed by atoms with Gasteiger partial charge < -0.3 is 9.64 Å². The van der Waals surface area contributed by atoms with Gasteiger partial charge >= 0.3 is 5.97 Å². The molecule has 0 aliphatic heterocycles. The van der Waals surface area contributed by atoms with E-state index in [1.54, 1.807) is 0 Å². The molecule has 0 amide bonds. The van der Waals surface area contributed by atoms with Crippen LogP contribution in [0.3, 0.4) is 0 Å². The third kappa shape index (κ3) is 4.66. The molecule has 1 aliphatic carbocycles. The summed E-state index contributed by atoms with van der Waals surface area (Å²) in [4.78, 5) is 13.9. The fourth-order valence-corrected chi connectivity index (χ4v) is 2.56. The Morgan fingerprint density at radius 3 is 2.35 bits per heavy atom. The average molecular weight is 241 g/mol. The smallest absolute Gasteiger partial charge is 0.308 e. The van der Waals surface area contributed by atoms with Gasteiger partial charge in [0.25, 0.3) is 0 Å². The molecule has 0 N–H and O–H groups in total. The predicted octanol–water partition coefficient (Wildman–Crippen LogP) is 2.70. The van der Waals surface area contributed by atoms with E-state index in [-0.39, 0.29) is 11.9 Å². The third-order valence-corrected chi connectivity index (χ3v) is 3.91. The number of hydrogen-bond donors (Lipinski definition) is 0. The molecule has 0 spiro atoms. The highest BCUT2D eigenvalue weighted by Crippen LogP contribution is 2.28. The zero-order valence-electron chi connectivity index (χ0n) is 11.7. The molecule has 0 atom stereocenters. The summed E-state index contributed by atoms with van der Waals surface area (Å²) in [5, 5.41) is 0. The fourth-order valence-electron chi connectivity index (χ4n) is 2.56. The molecule has 0 aromatic heterocycles. The predicted molar refractivity (Wildman–Crippen MR) is 69.8 cm³/mol. The van der Waals surface area contributed by atoms with Gasteiger partial charge in [-0.1, -0.05) is 13.8 Å². The average Bonchev–Trinajstić information content (AvgIpc) is 2.35. The first-order valence-electron chi connectivity index (χ1n) is 6.82. The normalized spacial score (nSPS) is 25.3. The van der Waals surface area contributed by atoms with Crippen LogP contribution in [-0.4, -0.2) is 37.6 Å². The number of carbonyl (C=O) groups excluding carboxylic acids is 1. The molecule has 0 saturated heterocycles. The first-order chi connectivity index (χ1) is 8.04. The second-order valence-corrected chi connectivity index (χ2v) is 5.69. The van der Waals surface area contributed by atoms with E-state index in [0.717, 1.165) is 31.6 Å². The Hall–Kier alpha value is -0.570. The van der Waals surface area contributed by atoms with Crippen LogP contribution in [0.2, 0.25) is 0 Å². The molecule has 0 aromatic rings. The lowest BCUT2D eigenvalue weighted by Gasteiger charge is -2.34. The van der Waals surface area contributed by atoms with Crippen LogP contribution >= 0.6 is 0 Å². The standard InChI is InChI=1S/C14H27NO2/c1-11(2)9-10-15(3)13-7-5-12(6-8-13)14(16)17-4/h11-13H,5-10H2,1-4H3. The van der Waals surface area contributed by atoms with Crippen molar-refractivity contribution in [3.63, 3.8) is 0 Å². The SMILES string of the molecule is COC(=O)C1CCC(N(C)CCC(C)C)CC1. The first-order valence-corrected chi connectivity index (χ1v) is 6.82. The van der Waals surface area contributed by atoms with E-state index in [4.69, 9.17) is 4.74 Å². The quantitative estimate of drug-likeness (QED) is 0.693. The van der Waals surface area contributed by atoms with E-state index in [1.165, 1.54) is 20.1 Å². The lowest BCUT2D eigenvalue weighted by Crippen LogP contribution is -2.37. The lowest BCUT2D eigenvalue weighted by atomic mass is 9.85. The molecule has 0 unspecified atom stereocenters. The first kappa shape index (κ1) is 14.5. The van der Waals surface area contributed by atoms with Crippen molar-refractivity contribution in [2.45, 2.75) is 52.0 Å². The van der Waals surface area contributed by atoms with Crippen LogP contribution < -0.4 is 0 Å². The van der Waals surface area contributed by atoms with Crippen LogP contribution in [0.5, 0.6) is 0 Å². The minimum Gasteiger partial charge on any atom is -0.469 e. The topological polar surface area (TPSA) is 29.5 Å². The van der Waals surface area contributed by atoms with E-state index in [1.807, 2.05) is 0 Å². The van der Waals surface area contributed by atoms with E-state index in [2.05, 4.69) is 25.8 Å². The van der Waals surface area contributed by atoms with Crippen LogP contribution in [-0.2, 0) is 9.53 Å². The minimum atomic E-state index is -0.0201. The summed E-state index contributed by atoms with van der Waals surface area (Å²) >= 11 is 0. The van der Waals surface area contributed by atoms with E-state index >= 15 is 0 Å². The van der Waals surface area contributed by atoms with Gasteiger partial charge in [-0.15, -0.1) is 0 Å². The molecule has 100 valence electrons. The highest BCUT2D eigenvalue weighted by Gasteiger charge is 2.28. The zero-order valence-corrected chi connectivity index (χ0v) is 11.7. The van der Waals surface area contributed by atoms with Crippen molar-refractivity contribution in [1.82, 2.24) is 4.90 Å². The molecule has 0 aromatic carbocycles. The number of methoxy groups -OCH3 is 1. The highest BCUT2D eigenvalue weighted by atomic mass is 16.5. The Balaban J connectivity index is 2.28. The molecule has 1 fully saturated rings. The number of carbonyl (C=O) groups is 1. The van der Waals surface area contributed by atoms with Gasteiger partial charge in [-0.3, -0.25) is 4.79 Å². The lowest BCUT2D eigenvalue weighted by molar-refractivity contribution is -0.146. The number of esters is 1. The molecular formula is C14H27NO2. The second-order valence-electron chi connectivity index (χ2n) is 5.69. The van der Waals surface area contributed by atoms with Crippen LogP contribution in [0.1, 0.15) is 46.0 Å². The number of nitrogens with zero attached hydrogens (tertiary/aromatic N) is 1. The van der Waals surface area contributed by atoms with Gasteiger partial charge in [0, 0.05) is 6.04 Å². The van der Waals surface area contributed by atoms with Crippen LogP contribution in [0.4, 0.5) is 0 Å². The Morgan fingerprint density at radius 1 is 1.29 bits per heavy atom. The van der Waals surface area contributed by atoms with E-state index in [0.29, 0.717) is 6.04 Å². The Bertz CT molecular complexity index is 232. The number of hydrogen-bond acceptors (Lipinski definition) is 3. The Kier molecular flexibility index (Phi) is 5.96. The summed E-state index contributed by atoms with van der Waals surface area (Å²) in [5.74, 6) is 0.895. The maximum atomic E-state index is 11.4. The van der Waals surface area contributed by atoms with Gasteiger partial charge in [0.1, 0.15) is 0 Å². The van der Waals surface area contributed by atoms with Crippen LogP contribution in [0.25, 0.3) is 0 Å². The monoisotopic (exact) mass is 241 g/mol. The van der Waals surface area contributed by atoms with Crippen molar-refractivity contribution >= 4 is 5.97 Å². The van der Waals surface area contributed by atoms with Crippen LogP contribution in [0.15, 0.2) is 0 Å². The summed E-state index contributed by atoms with van der Waals surface area (Å²) < 4.78 is 4.81. The number of rotatable bonds is 5. The molecule has 0 bridgehead atoms. The molecule has 1 saturated carbocycles. The number of ether oxygens (including phenoxy) is 1. The molecule has 3 heteroatoms. The summed E-state index contributed by atoms with van der Waals surface area (Å²) in [6, 6.07) is 0.662. The van der Waals surface area contributed by atoms with Gasteiger partial charge in [0.15, 0.2) is 0 Å². The minimum absolute atomic E-state index is 0.0201. The summed E-state index contributed by atoms with van der Waals surface area (Å²) in [5.41, 5.74) is 0. The van der Waals surface area contributed by atoms with Gasteiger partial charge in [-0.2, -0.15) is 0 Å². The van der Waals surface area contributed by atoms with Crippen molar-refractivity contribution in [2.75, 3.05) is 20.7 Å². The largest absolute Gasteiger partial charge is 0.469 e. The molecule has 3 nitrogen and oxygen atoms in total. The second kappa shape index (κ2) is 7.00. The summed E-state index contributed by atoms with van der Waals surface area (Å²) in [7, 11) is 3.70. The van der Waals surface area contributed by atoms with Crippen molar-refractivity contribution in [1.29, 1.82) is 0 Å². The Labute approximate surface area is 106 Å². The van der Waals surface area contributed by atoms with Gasteiger partial charge in [-0.25, -0.2) is 0 Å². The molecule has 1 aliphatic rings. The van der Waals surface area contributed by atoms with Gasteiger partial charge in [0.05, 0.1) is 13.0 Å². The zero-order chi connectivity index (χ0) is 12.8. The molecule has 1 rings (SSSR count). The molecule has 0 heterocycles. The van der Waals surface area contributed by atoms with E-state index < -0.39 is 0 Å². The highest BCUT2D eigenvalue weighted by molar-refractivity contribution is 5.72. The van der Waals surface area contributed by atoms with Crippen molar-refractivity contribution in [3.05, 3.63) is 0 Å². The van der Waals surface area contributed by atoms with E-state index in [9.17, 15) is 4.79 Å². The summed E-state index contributed by atoms with van der Waals surface area (Å²) in [6.45, 7) is 5.70. The van der Waals surface area contributed by atoms with Gasteiger partial charge in [-0.05, 0) is 51.6 Å². The Morgan fingerprint density at radius 2 is 1.88 bits per heavy atom. The fraction of sp³-hybridized carbons (Fsp3) is 0.929. The van der Waals surface area contributed by atoms with Crippen molar-refractivity contribution in [2.24, 2.45) is 11.8 Å². The van der Waals surface area contributed by atoms with Gasteiger partial charge in [0.2, 0.25) is 0 Å². The maximum Gasteiger partial charge on any atom is 0.308 e. The maximum absolute atomic E-state index is 11.4. The molecule has 0 radical (unpaired) electrons.